The Hall–Kier alpha value is -1.36. The lowest BCUT2D eigenvalue weighted by Gasteiger charge is -2.60. The molecular weight excluding hydrogens is 284 g/mol. The van der Waals surface area contributed by atoms with Crippen molar-refractivity contribution in [2.24, 2.45) is 23.2 Å². The van der Waals surface area contributed by atoms with Gasteiger partial charge in [-0.15, -0.1) is 0 Å². The fourth-order valence-corrected chi connectivity index (χ4v) is 5.12. The Balaban J connectivity index is 1.53. The number of carbonyl (C=O) groups excluding carboxylic acids is 2. The topological polar surface area (TPSA) is 61.8 Å². The summed E-state index contributed by atoms with van der Waals surface area (Å²) in [5, 5.41) is 0. The first-order chi connectivity index (χ1) is 10.4. The van der Waals surface area contributed by atoms with E-state index in [1.165, 1.54) is 6.92 Å². The fraction of sp³-hybridized carbons (Fsp3) is 0.765. The van der Waals surface area contributed by atoms with E-state index in [1.807, 2.05) is 6.92 Å². The zero-order chi connectivity index (χ0) is 15.7. The first-order valence-electron chi connectivity index (χ1n) is 8.08. The monoisotopic (exact) mass is 306 g/mol. The standard InChI is InChI=1S/C17H22O5/c1-9-6-17(22-15(9)19)7-16(8-20-17)12-4-13(16)10(2)14(5-12)21-11(3)18/h9,12-14H,2,4-8H2,1,3H3/t9-,12+,13-,14-,16-,17+/m1/s1. The van der Waals surface area contributed by atoms with E-state index < -0.39 is 5.79 Å². The van der Waals surface area contributed by atoms with Crippen molar-refractivity contribution in [2.45, 2.75) is 51.4 Å². The molecule has 2 heterocycles. The van der Waals surface area contributed by atoms with E-state index >= 15 is 0 Å². The lowest BCUT2D eigenvalue weighted by atomic mass is 9.44. The summed E-state index contributed by atoms with van der Waals surface area (Å²) < 4.78 is 17.0. The number of rotatable bonds is 1. The summed E-state index contributed by atoms with van der Waals surface area (Å²) in [7, 11) is 0. The van der Waals surface area contributed by atoms with Gasteiger partial charge in [-0.25, -0.2) is 0 Å². The van der Waals surface area contributed by atoms with Crippen molar-refractivity contribution >= 4 is 11.9 Å². The van der Waals surface area contributed by atoms with Crippen LogP contribution in [0.3, 0.4) is 0 Å². The molecule has 4 aliphatic rings. The molecule has 6 atom stereocenters. The maximum atomic E-state index is 11.8. The third-order valence-corrected chi connectivity index (χ3v) is 6.20. The van der Waals surface area contributed by atoms with Gasteiger partial charge in [0, 0.05) is 25.2 Å². The molecule has 0 aromatic carbocycles. The molecule has 0 radical (unpaired) electrons. The van der Waals surface area contributed by atoms with Crippen LogP contribution in [0.5, 0.6) is 0 Å². The number of ether oxygens (including phenoxy) is 3. The van der Waals surface area contributed by atoms with Crippen molar-refractivity contribution in [1.29, 1.82) is 0 Å². The van der Waals surface area contributed by atoms with Gasteiger partial charge in [-0.05, 0) is 30.3 Å². The van der Waals surface area contributed by atoms with E-state index in [4.69, 9.17) is 14.2 Å². The third-order valence-electron chi connectivity index (χ3n) is 6.20. The molecule has 2 aliphatic heterocycles. The molecule has 0 aromatic rings. The molecule has 4 rings (SSSR count). The fourth-order valence-electron chi connectivity index (χ4n) is 5.12. The van der Waals surface area contributed by atoms with Gasteiger partial charge in [0.15, 0.2) is 0 Å². The van der Waals surface area contributed by atoms with Gasteiger partial charge in [0.25, 0.3) is 0 Å². The summed E-state index contributed by atoms with van der Waals surface area (Å²) >= 11 is 0. The van der Waals surface area contributed by atoms with Gasteiger partial charge in [-0.3, -0.25) is 9.59 Å². The van der Waals surface area contributed by atoms with Crippen LogP contribution >= 0.6 is 0 Å². The molecule has 5 heteroatoms. The van der Waals surface area contributed by atoms with Gasteiger partial charge in [0.1, 0.15) is 6.10 Å². The van der Waals surface area contributed by atoms with E-state index in [0.717, 1.165) is 24.8 Å². The van der Waals surface area contributed by atoms with E-state index in [1.54, 1.807) is 0 Å². The predicted molar refractivity (Wildman–Crippen MR) is 76.5 cm³/mol. The molecule has 120 valence electrons. The Bertz CT molecular complexity index is 569. The Morgan fingerprint density at radius 3 is 2.77 bits per heavy atom. The molecule has 0 aromatic heterocycles. The second kappa shape index (κ2) is 4.34. The van der Waals surface area contributed by atoms with Crippen molar-refractivity contribution in [3.8, 4) is 0 Å². The minimum absolute atomic E-state index is 0.0259. The molecular formula is C17H22O5. The summed E-state index contributed by atoms with van der Waals surface area (Å²) in [6.45, 7) is 8.14. The van der Waals surface area contributed by atoms with E-state index in [2.05, 4.69) is 6.58 Å². The highest BCUT2D eigenvalue weighted by molar-refractivity contribution is 5.74. The summed E-state index contributed by atoms with van der Waals surface area (Å²) in [4.78, 5) is 23.0. The van der Waals surface area contributed by atoms with Crippen molar-refractivity contribution in [2.75, 3.05) is 6.61 Å². The average Bonchev–Trinajstić information content (AvgIpc) is 2.94. The van der Waals surface area contributed by atoms with Crippen LogP contribution in [0.15, 0.2) is 12.2 Å². The van der Waals surface area contributed by atoms with Crippen molar-refractivity contribution in [3.05, 3.63) is 12.2 Å². The number of hydrogen-bond donors (Lipinski definition) is 0. The third kappa shape index (κ3) is 1.75. The molecule has 2 spiro atoms. The molecule has 4 fully saturated rings. The van der Waals surface area contributed by atoms with Crippen LogP contribution in [0.2, 0.25) is 0 Å². The maximum absolute atomic E-state index is 11.8. The van der Waals surface area contributed by atoms with Crippen LogP contribution in [-0.4, -0.2) is 30.4 Å². The average molecular weight is 306 g/mol. The van der Waals surface area contributed by atoms with Gasteiger partial charge < -0.3 is 14.2 Å². The lowest BCUT2D eigenvalue weighted by Crippen LogP contribution is -2.58. The summed E-state index contributed by atoms with van der Waals surface area (Å²) in [6.07, 6.45) is 3.15. The largest absolute Gasteiger partial charge is 0.458 e. The highest BCUT2D eigenvalue weighted by atomic mass is 16.7. The van der Waals surface area contributed by atoms with Crippen LogP contribution < -0.4 is 0 Å². The zero-order valence-corrected chi connectivity index (χ0v) is 13.1. The first kappa shape index (κ1) is 14.2. The predicted octanol–water partition coefficient (Wildman–Crippen LogP) is 2.20. The van der Waals surface area contributed by atoms with E-state index in [9.17, 15) is 9.59 Å². The Kier molecular flexibility index (Phi) is 2.81. The molecule has 22 heavy (non-hydrogen) atoms. The van der Waals surface area contributed by atoms with Gasteiger partial charge >= 0.3 is 11.9 Å². The molecule has 0 unspecified atom stereocenters. The summed E-state index contributed by atoms with van der Waals surface area (Å²) in [5.41, 5.74) is 1.04. The van der Waals surface area contributed by atoms with Gasteiger partial charge in [-0.2, -0.15) is 0 Å². The second-order valence-electron chi connectivity index (χ2n) is 7.53. The Labute approximate surface area is 130 Å². The molecule has 0 N–H and O–H groups in total. The zero-order valence-electron chi connectivity index (χ0n) is 13.1. The quantitative estimate of drug-likeness (QED) is 0.549. The number of carbonyl (C=O) groups is 2. The Morgan fingerprint density at radius 1 is 1.41 bits per heavy atom. The van der Waals surface area contributed by atoms with Crippen LogP contribution in [0.25, 0.3) is 0 Å². The van der Waals surface area contributed by atoms with E-state index in [-0.39, 0.29) is 29.4 Å². The van der Waals surface area contributed by atoms with Crippen molar-refractivity contribution in [3.63, 3.8) is 0 Å². The molecule has 2 aliphatic carbocycles. The number of esters is 2. The van der Waals surface area contributed by atoms with Crippen LogP contribution in [0, 0.1) is 23.2 Å². The van der Waals surface area contributed by atoms with Crippen LogP contribution in [0.4, 0.5) is 0 Å². The molecule has 5 nitrogen and oxygen atoms in total. The minimum Gasteiger partial charge on any atom is -0.458 e. The maximum Gasteiger partial charge on any atom is 0.311 e. The molecule has 2 bridgehead atoms. The number of fused-ring (bicyclic) bond motifs is 4. The highest BCUT2D eigenvalue weighted by Gasteiger charge is 2.69. The van der Waals surface area contributed by atoms with E-state index in [0.29, 0.717) is 24.9 Å². The SMILES string of the molecule is C=C1[C@H]2C[C@@H](C[C@H]1OC(C)=O)[C@@]21CO[C@]2(C[C@@H](C)C(=O)O2)C1. The van der Waals surface area contributed by atoms with Crippen molar-refractivity contribution in [1.82, 2.24) is 0 Å². The normalized spacial score (nSPS) is 49.4. The van der Waals surface area contributed by atoms with Crippen molar-refractivity contribution < 1.29 is 23.8 Å². The minimum atomic E-state index is -0.720. The molecule has 2 saturated heterocycles. The number of hydrogen-bond acceptors (Lipinski definition) is 5. The smallest absolute Gasteiger partial charge is 0.311 e. The Morgan fingerprint density at radius 2 is 2.18 bits per heavy atom. The molecule has 2 saturated carbocycles. The van der Waals surface area contributed by atoms with Gasteiger partial charge in [0.2, 0.25) is 5.79 Å². The summed E-state index contributed by atoms with van der Waals surface area (Å²) in [6, 6.07) is 0. The highest BCUT2D eigenvalue weighted by Crippen LogP contribution is 2.68. The summed E-state index contributed by atoms with van der Waals surface area (Å²) in [5.74, 6) is -0.447. The van der Waals surface area contributed by atoms with Crippen LogP contribution in [-0.2, 0) is 23.8 Å². The molecule has 0 amide bonds. The van der Waals surface area contributed by atoms with Gasteiger partial charge in [-0.1, -0.05) is 13.5 Å². The first-order valence-corrected chi connectivity index (χ1v) is 8.08. The van der Waals surface area contributed by atoms with Gasteiger partial charge in [0.05, 0.1) is 12.5 Å². The second-order valence-corrected chi connectivity index (χ2v) is 7.53. The van der Waals surface area contributed by atoms with Crippen LogP contribution in [0.1, 0.15) is 39.5 Å². The lowest BCUT2D eigenvalue weighted by molar-refractivity contribution is -0.192.